The summed E-state index contributed by atoms with van der Waals surface area (Å²) in [6.07, 6.45) is 4.97. The van der Waals surface area contributed by atoms with E-state index in [1.165, 1.54) is 23.1 Å². The zero-order valence-electron chi connectivity index (χ0n) is 11.9. The van der Waals surface area contributed by atoms with Crippen molar-refractivity contribution in [3.63, 3.8) is 0 Å². The molecule has 5 nitrogen and oxygen atoms in total. The molecule has 2 aromatic rings. The highest BCUT2D eigenvalue weighted by Gasteiger charge is 2.33. The number of amidine groups is 1. The van der Waals surface area contributed by atoms with Gasteiger partial charge in [0.1, 0.15) is 5.76 Å². The first-order valence-corrected chi connectivity index (χ1v) is 8.23. The fourth-order valence-electron chi connectivity index (χ4n) is 1.86. The molecular weight excluding hydrogens is 318 g/mol. The Labute approximate surface area is 136 Å². The van der Waals surface area contributed by atoms with Crippen LogP contribution in [0.4, 0.5) is 5.13 Å². The standard InChI is InChI=1S/C15H13N3O2S2/c1-3-6-18-13(19)12(8-11-5-4-7-20-11)22-15(18)17-14-16-10(2)9-21-14/h3-5,7-9H,1,6H2,2H3/b12-8+,17-15+. The van der Waals surface area contributed by atoms with E-state index >= 15 is 0 Å². The first kappa shape index (κ1) is 14.8. The van der Waals surface area contributed by atoms with Crippen molar-refractivity contribution in [1.82, 2.24) is 9.88 Å². The second-order valence-electron chi connectivity index (χ2n) is 4.50. The molecule has 1 amide bonds. The monoisotopic (exact) mass is 331 g/mol. The zero-order valence-corrected chi connectivity index (χ0v) is 13.5. The second kappa shape index (κ2) is 6.33. The van der Waals surface area contributed by atoms with Gasteiger partial charge in [-0.05, 0) is 30.8 Å². The van der Waals surface area contributed by atoms with Gasteiger partial charge in [-0.1, -0.05) is 6.08 Å². The van der Waals surface area contributed by atoms with Crippen LogP contribution in [0, 0.1) is 6.92 Å². The van der Waals surface area contributed by atoms with Crippen LogP contribution >= 0.6 is 23.1 Å². The molecule has 3 rings (SSSR count). The highest BCUT2D eigenvalue weighted by molar-refractivity contribution is 8.18. The van der Waals surface area contributed by atoms with Gasteiger partial charge in [0.15, 0.2) is 5.17 Å². The molecular formula is C15H13N3O2S2. The van der Waals surface area contributed by atoms with E-state index in [-0.39, 0.29) is 5.91 Å². The van der Waals surface area contributed by atoms with E-state index in [0.717, 1.165) is 5.69 Å². The predicted molar refractivity (Wildman–Crippen MR) is 90.1 cm³/mol. The lowest BCUT2D eigenvalue weighted by Gasteiger charge is -2.11. The Balaban J connectivity index is 1.93. The number of rotatable bonds is 4. The number of thioether (sulfide) groups is 1. The van der Waals surface area contributed by atoms with Crippen LogP contribution in [0.1, 0.15) is 11.5 Å². The quantitative estimate of drug-likeness (QED) is 0.631. The van der Waals surface area contributed by atoms with Gasteiger partial charge in [-0.25, -0.2) is 4.98 Å². The summed E-state index contributed by atoms with van der Waals surface area (Å²) >= 11 is 2.77. The van der Waals surface area contributed by atoms with Crippen LogP contribution in [0.3, 0.4) is 0 Å². The Kier molecular flexibility index (Phi) is 4.26. The molecule has 1 aliphatic heterocycles. The molecule has 1 aliphatic rings. The van der Waals surface area contributed by atoms with Gasteiger partial charge in [-0.3, -0.25) is 9.69 Å². The molecule has 0 aliphatic carbocycles. The third-order valence-corrected chi connectivity index (χ3v) is 4.67. The molecule has 3 heterocycles. The van der Waals surface area contributed by atoms with Crippen LogP contribution < -0.4 is 0 Å². The van der Waals surface area contributed by atoms with Crippen LogP contribution in [-0.4, -0.2) is 27.5 Å². The largest absolute Gasteiger partial charge is 0.465 e. The molecule has 0 atom stereocenters. The lowest BCUT2D eigenvalue weighted by Crippen LogP contribution is -2.29. The molecule has 0 radical (unpaired) electrons. The molecule has 1 fully saturated rings. The summed E-state index contributed by atoms with van der Waals surface area (Å²) in [5, 5.41) is 3.18. The van der Waals surface area contributed by atoms with Crippen LogP contribution in [0.15, 0.2) is 50.7 Å². The maximum atomic E-state index is 12.5. The van der Waals surface area contributed by atoms with Gasteiger partial charge in [0, 0.05) is 18.0 Å². The summed E-state index contributed by atoms with van der Waals surface area (Å²) in [6, 6.07) is 3.59. The molecule has 0 aromatic carbocycles. The second-order valence-corrected chi connectivity index (χ2v) is 6.34. The minimum atomic E-state index is -0.103. The summed E-state index contributed by atoms with van der Waals surface area (Å²) in [6.45, 7) is 6.02. The molecule has 22 heavy (non-hydrogen) atoms. The van der Waals surface area contributed by atoms with E-state index in [2.05, 4.69) is 16.6 Å². The highest BCUT2D eigenvalue weighted by Crippen LogP contribution is 2.34. The Hall–Kier alpha value is -2.12. The summed E-state index contributed by atoms with van der Waals surface area (Å²) in [5.41, 5.74) is 0.917. The Morgan fingerprint density at radius 2 is 2.41 bits per heavy atom. The molecule has 7 heteroatoms. The summed E-state index contributed by atoms with van der Waals surface area (Å²) in [5.74, 6) is 0.536. The summed E-state index contributed by atoms with van der Waals surface area (Å²) in [4.78, 5) is 23.4. The van der Waals surface area contributed by atoms with Crippen LogP contribution in [-0.2, 0) is 4.79 Å². The topological polar surface area (TPSA) is 58.7 Å². The zero-order chi connectivity index (χ0) is 15.5. The van der Waals surface area contributed by atoms with Gasteiger partial charge in [0.25, 0.3) is 5.91 Å². The summed E-state index contributed by atoms with van der Waals surface area (Å²) < 4.78 is 5.27. The van der Waals surface area contributed by atoms with Crippen molar-refractivity contribution in [3.8, 4) is 0 Å². The molecule has 0 saturated carbocycles. The fraction of sp³-hybridized carbons (Fsp3) is 0.133. The van der Waals surface area contributed by atoms with Gasteiger partial charge in [-0.2, -0.15) is 4.99 Å². The average Bonchev–Trinajstić information content (AvgIpc) is 3.19. The number of aryl methyl sites for hydroxylation is 1. The van der Waals surface area contributed by atoms with Crippen molar-refractivity contribution in [2.75, 3.05) is 6.54 Å². The number of aromatic nitrogens is 1. The molecule has 0 unspecified atom stereocenters. The SMILES string of the molecule is C=CCN1C(=O)/C(=C\c2ccco2)S/C1=N/c1nc(C)cs1. The third-order valence-electron chi connectivity index (χ3n) is 2.81. The smallest absolute Gasteiger partial charge is 0.267 e. The molecule has 1 saturated heterocycles. The van der Waals surface area contributed by atoms with E-state index in [1.54, 1.807) is 35.4 Å². The number of carbonyl (C=O) groups is 1. The predicted octanol–water partition coefficient (Wildman–Crippen LogP) is 3.83. The van der Waals surface area contributed by atoms with E-state index in [1.807, 2.05) is 12.3 Å². The van der Waals surface area contributed by atoms with Gasteiger partial charge in [0.2, 0.25) is 5.13 Å². The van der Waals surface area contributed by atoms with Gasteiger partial charge in [-0.15, -0.1) is 17.9 Å². The number of hydrogen-bond donors (Lipinski definition) is 0. The van der Waals surface area contributed by atoms with Crippen molar-refractivity contribution in [2.24, 2.45) is 4.99 Å². The van der Waals surface area contributed by atoms with E-state index in [9.17, 15) is 4.79 Å². The Bertz CT molecular complexity index is 760. The minimum Gasteiger partial charge on any atom is -0.465 e. The van der Waals surface area contributed by atoms with Crippen molar-refractivity contribution >= 4 is 45.4 Å². The maximum Gasteiger partial charge on any atom is 0.267 e. The number of furan rings is 1. The van der Waals surface area contributed by atoms with Crippen LogP contribution in [0.5, 0.6) is 0 Å². The normalized spacial score (nSPS) is 18.6. The van der Waals surface area contributed by atoms with Crippen molar-refractivity contribution in [3.05, 3.63) is 52.8 Å². The maximum absolute atomic E-state index is 12.5. The number of amides is 1. The molecule has 112 valence electrons. The lowest BCUT2D eigenvalue weighted by atomic mass is 10.3. The highest BCUT2D eigenvalue weighted by atomic mass is 32.2. The van der Waals surface area contributed by atoms with E-state index in [0.29, 0.717) is 27.5 Å². The van der Waals surface area contributed by atoms with Crippen molar-refractivity contribution in [2.45, 2.75) is 6.92 Å². The van der Waals surface area contributed by atoms with Crippen LogP contribution in [0.2, 0.25) is 0 Å². The van der Waals surface area contributed by atoms with E-state index in [4.69, 9.17) is 4.42 Å². The molecule has 0 N–H and O–H groups in total. The average molecular weight is 331 g/mol. The number of aliphatic imine (C=N–C) groups is 1. The number of nitrogens with zero attached hydrogens (tertiary/aromatic N) is 3. The third kappa shape index (κ3) is 3.05. The number of carbonyl (C=O) groups excluding carboxylic acids is 1. The van der Waals surface area contributed by atoms with Gasteiger partial charge in [0.05, 0.1) is 16.9 Å². The van der Waals surface area contributed by atoms with Crippen LogP contribution in [0.25, 0.3) is 6.08 Å². The Morgan fingerprint density at radius 1 is 1.55 bits per heavy atom. The van der Waals surface area contributed by atoms with E-state index < -0.39 is 0 Å². The Morgan fingerprint density at radius 3 is 3.05 bits per heavy atom. The fourth-order valence-corrected chi connectivity index (χ4v) is 3.55. The van der Waals surface area contributed by atoms with Gasteiger partial charge >= 0.3 is 0 Å². The summed E-state index contributed by atoms with van der Waals surface area (Å²) in [7, 11) is 0. The van der Waals surface area contributed by atoms with Gasteiger partial charge < -0.3 is 4.42 Å². The minimum absolute atomic E-state index is 0.103. The first-order valence-electron chi connectivity index (χ1n) is 6.54. The molecule has 2 aromatic heterocycles. The van der Waals surface area contributed by atoms with Crippen molar-refractivity contribution < 1.29 is 9.21 Å². The van der Waals surface area contributed by atoms with Crippen molar-refractivity contribution in [1.29, 1.82) is 0 Å². The number of hydrogen-bond acceptors (Lipinski definition) is 6. The molecule has 0 spiro atoms. The lowest BCUT2D eigenvalue weighted by molar-refractivity contribution is -0.121. The molecule has 0 bridgehead atoms. The number of thiazole rings is 1. The first-order chi connectivity index (χ1) is 10.7.